The van der Waals surface area contributed by atoms with Crippen LogP contribution >= 0.6 is 11.3 Å². The van der Waals surface area contributed by atoms with Crippen LogP contribution in [0.15, 0.2) is 60.7 Å². The Labute approximate surface area is 161 Å². The fraction of sp³-hybridized carbons (Fsp3) is 0.0952. The van der Waals surface area contributed by atoms with Crippen molar-refractivity contribution in [3.8, 4) is 0 Å². The fourth-order valence-electron chi connectivity index (χ4n) is 2.78. The monoisotopic (exact) mass is 374 g/mol. The molecule has 134 valence electrons. The normalized spacial score (nSPS) is 11.7. The summed E-state index contributed by atoms with van der Waals surface area (Å²) in [5.74, 6) is 0.0712. The third-order valence-electron chi connectivity index (χ3n) is 4.31. The van der Waals surface area contributed by atoms with Crippen LogP contribution < -0.4 is 5.32 Å². The number of nitrogens with one attached hydrogen (secondary N) is 1. The van der Waals surface area contributed by atoms with Crippen molar-refractivity contribution in [3.63, 3.8) is 0 Å². The summed E-state index contributed by atoms with van der Waals surface area (Å²) in [5.41, 5.74) is 3.39. The first-order valence-corrected chi connectivity index (χ1v) is 9.40. The van der Waals surface area contributed by atoms with E-state index in [-0.39, 0.29) is 5.91 Å². The van der Waals surface area contributed by atoms with Gasteiger partial charge >= 0.3 is 0 Å². The van der Waals surface area contributed by atoms with E-state index in [1.54, 1.807) is 15.9 Å². The molecule has 1 amide bonds. The number of fused-ring (bicyclic) bond motifs is 1. The van der Waals surface area contributed by atoms with Gasteiger partial charge in [-0.3, -0.25) is 10.1 Å². The number of aromatic nitrogens is 3. The fourth-order valence-corrected chi connectivity index (χ4v) is 3.68. The molecular weight excluding hydrogens is 356 g/mol. The number of aryl methyl sites for hydroxylation is 2. The van der Waals surface area contributed by atoms with E-state index in [1.807, 2.05) is 80.6 Å². The summed E-state index contributed by atoms with van der Waals surface area (Å²) in [6.45, 7) is 4.02. The molecule has 0 aliphatic carbocycles. The first-order valence-electron chi connectivity index (χ1n) is 8.58. The van der Waals surface area contributed by atoms with E-state index in [4.69, 9.17) is 0 Å². The average molecular weight is 374 g/mol. The minimum atomic E-state index is -0.238. The minimum Gasteiger partial charge on any atom is -0.289 e. The maximum absolute atomic E-state index is 13.0. The predicted molar refractivity (Wildman–Crippen MR) is 110 cm³/mol. The van der Waals surface area contributed by atoms with Gasteiger partial charge in [0, 0.05) is 10.5 Å². The van der Waals surface area contributed by atoms with E-state index in [0.29, 0.717) is 11.5 Å². The molecule has 0 unspecified atom stereocenters. The summed E-state index contributed by atoms with van der Waals surface area (Å²) in [6.07, 6.45) is 1.87. The van der Waals surface area contributed by atoms with Crippen LogP contribution in [0, 0.1) is 13.8 Å². The number of benzene rings is 2. The summed E-state index contributed by atoms with van der Waals surface area (Å²) < 4.78 is 1.76. The Morgan fingerprint density at radius 1 is 1.04 bits per heavy atom. The number of nitrogens with zero attached hydrogens (tertiary/aromatic N) is 3. The Hall–Kier alpha value is -3.25. The van der Waals surface area contributed by atoms with Gasteiger partial charge in [-0.1, -0.05) is 72.0 Å². The first kappa shape index (κ1) is 17.2. The second-order valence-electron chi connectivity index (χ2n) is 6.16. The van der Waals surface area contributed by atoms with E-state index >= 15 is 0 Å². The van der Waals surface area contributed by atoms with Gasteiger partial charge < -0.3 is 0 Å². The summed E-state index contributed by atoms with van der Waals surface area (Å²) in [5, 5.41) is 7.25. The molecule has 1 N–H and O–H groups in total. The quantitative estimate of drug-likeness (QED) is 0.420. The van der Waals surface area contributed by atoms with E-state index in [1.165, 1.54) is 0 Å². The van der Waals surface area contributed by atoms with E-state index in [2.05, 4.69) is 15.4 Å². The number of carbonyl (C=O) groups excluding carboxylic acids is 1. The molecule has 0 spiro atoms. The number of rotatable bonds is 4. The molecule has 2 heterocycles. The second-order valence-corrected chi connectivity index (χ2v) is 7.34. The summed E-state index contributed by atoms with van der Waals surface area (Å²) in [7, 11) is 0. The first-order chi connectivity index (χ1) is 13.1. The smallest absolute Gasteiger partial charge is 0.258 e. The Morgan fingerprint density at radius 3 is 2.37 bits per heavy atom. The Kier molecular flexibility index (Phi) is 4.56. The van der Waals surface area contributed by atoms with Crippen molar-refractivity contribution in [2.45, 2.75) is 13.8 Å². The number of carbonyl (C=O) groups is 1. The molecular formula is C21H18N4OS. The van der Waals surface area contributed by atoms with E-state index in [0.717, 1.165) is 26.7 Å². The molecule has 5 nitrogen and oxygen atoms in total. The number of hydrogen-bond acceptors (Lipinski definition) is 4. The van der Waals surface area contributed by atoms with Crippen molar-refractivity contribution in [1.29, 1.82) is 0 Å². The van der Waals surface area contributed by atoms with Gasteiger partial charge in [0.25, 0.3) is 11.9 Å². The van der Waals surface area contributed by atoms with Crippen LogP contribution in [0.25, 0.3) is 16.6 Å². The van der Waals surface area contributed by atoms with Gasteiger partial charge in [-0.2, -0.15) is 4.98 Å². The predicted octanol–water partition coefficient (Wildman–Crippen LogP) is 4.59. The van der Waals surface area contributed by atoms with Gasteiger partial charge in [0.1, 0.15) is 0 Å². The van der Waals surface area contributed by atoms with Gasteiger partial charge in [-0.25, -0.2) is 4.52 Å². The zero-order valence-corrected chi connectivity index (χ0v) is 15.8. The van der Waals surface area contributed by atoms with E-state index in [9.17, 15) is 4.79 Å². The van der Waals surface area contributed by atoms with Crippen molar-refractivity contribution in [3.05, 3.63) is 82.4 Å². The zero-order valence-electron chi connectivity index (χ0n) is 15.0. The Balaban J connectivity index is 1.68. The number of thiazole rings is 1. The molecule has 4 rings (SSSR count). The van der Waals surface area contributed by atoms with Crippen LogP contribution in [0.3, 0.4) is 0 Å². The third kappa shape index (κ3) is 3.52. The minimum absolute atomic E-state index is 0.238. The number of hydrogen-bond donors (Lipinski definition) is 1. The molecule has 2 aromatic carbocycles. The lowest BCUT2D eigenvalue weighted by Gasteiger charge is -2.07. The molecule has 0 saturated carbocycles. The molecule has 0 bridgehead atoms. The van der Waals surface area contributed by atoms with Crippen LogP contribution in [0.1, 0.15) is 21.7 Å². The molecule has 0 aliphatic rings. The summed E-state index contributed by atoms with van der Waals surface area (Å²) >= 11 is 1.56. The van der Waals surface area contributed by atoms with Gasteiger partial charge in [-0.15, -0.1) is 5.10 Å². The van der Waals surface area contributed by atoms with Crippen LogP contribution in [-0.4, -0.2) is 20.5 Å². The van der Waals surface area contributed by atoms with Crippen LogP contribution in [0.5, 0.6) is 0 Å². The van der Waals surface area contributed by atoms with Crippen LogP contribution in [-0.2, 0) is 4.79 Å². The second kappa shape index (κ2) is 7.17. The lowest BCUT2D eigenvalue weighted by atomic mass is 10.0. The molecule has 0 fully saturated rings. The highest BCUT2D eigenvalue weighted by Gasteiger charge is 2.16. The molecule has 2 aromatic heterocycles. The highest BCUT2D eigenvalue weighted by molar-refractivity contribution is 7.17. The molecule has 0 aliphatic heterocycles. The van der Waals surface area contributed by atoms with Gasteiger partial charge in [0.05, 0.1) is 5.69 Å². The van der Waals surface area contributed by atoms with Crippen LogP contribution in [0.2, 0.25) is 0 Å². The molecule has 6 heteroatoms. The third-order valence-corrected chi connectivity index (χ3v) is 5.36. The van der Waals surface area contributed by atoms with E-state index < -0.39 is 0 Å². The zero-order chi connectivity index (χ0) is 18.8. The number of amides is 1. The molecule has 0 atom stereocenters. The van der Waals surface area contributed by atoms with Crippen molar-refractivity contribution in [1.82, 2.24) is 14.6 Å². The SMILES string of the molecule is Cc1sc2nc(NC(=O)/C(=C\c3ccccc3)c3ccccc3)nn2c1C. The summed E-state index contributed by atoms with van der Waals surface area (Å²) in [4.78, 5) is 19.4. The molecule has 0 saturated heterocycles. The average Bonchev–Trinajstić information content (AvgIpc) is 3.19. The van der Waals surface area contributed by atoms with Crippen molar-refractivity contribution < 1.29 is 4.79 Å². The Bertz CT molecular complexity index is 1130. The molecule has 0 radical (unpaired) electrons. The highest BCUT2D eigenvalue weighted by Crippen LogP contribution is 2.23. The summed E-state index contributed by atoms with van der Waals surface area (Å²) in [6, 6.07) is 19.4. The van der Waals surface area contributed by atoms with Gasteiger partial charge in [0.15, 0.2) is 0 Å². The largest absolute Gasteiger partial charge is 0.289 e. The molecule has 4 aromatic rings. The van der Waals surface area contributed by atoms with Crippen molar-refractivity contribution >= 4 is 39.8 Å². The lowest BCUT2D eigenvalue weighted by Crippen LogP contribution is -2.15. The Morgan fingerprint density at radius 2 is 1.70 bits per heavy atom. The van der Waals surface area contributed by atoms with Crippen LogP contribution in [0.4, 0.5) is 5.95 Å². The van der Waals surface area contributed by atoms with Crippen molar-refractivity contribution in [2.24, 2.45) is 0 Å². The van der Waals surface area contributed by atoms with Gasteiger partial charge in [0.2, 0.25) is 4.96 Å². The molecule has 27 heavy (non-hydrogen) atoms. The topological polar surface area (TPSA) is 59.3 Å². The van der Waals surface area contributed by atoms with Gasteiger partial charge in [-0.05, 0) is 31.1 Å². The maximum atomic E-state index is 13.0. The highest BCUT2D eigenvalue weighted by atomic mass is 32.1. The standard InChI is InChI=1S/C21H18N4OS/c1-14-15(2)27-21-23-20(24-25(14)21)22-19(26)18(17-11-7-4-8-12-17)13-16-9-5-3-6-10-16/h3-13H,1-2H3,(H,22,24,26)/b18-13-. The maximum Gasteiger partial charge on any atom is 0.258 e. The van der Waals surface area contributed by atoms with Crippen molar-refractivity contribution in [2.75, 3.05) is 5.32 Å². The lowest BCUT2D eigenvalue weighted by molar-refractivity contribution is -0.111. The number of anilines is 1.